The number of nitrogens with zero attached hydrogens (tertiary/aromatic N) is 1. The van der Waals surface area contributed by atoms with E-state index in [0.717, 1.165) is 25.9 Å². The normalized spacial score (nSPS) is 25.1. The standard InChI is InChI=1S/C20H29N3O6/c21-14-9-15(19-17(10-14)26-5-8-29-19)20(25)22-11-13-1-3-23(12-16(13)24)4-2-18-27-6-7-28-18/h9-10,13,16,18,24H,1-8,11-12,21H2,(H,22,25)/t13-,16?/m0/s1. The van der Waals surface area contributed by atoms with E-state index >= 15 is 0 Å². The largest absolute Gasteiger partial charge is 0.486 e. The first-order valence-corrected chi connectivity index (χ1v) is 10.2. The molecule has 2 atom stereocenters. The lowest BCUT2D eigenvalue weighted by Gasteiger charge is -2.36. The van der Waals surface area contributed by atoms with E-state index in [9.17, 15) is 9.90 Å². The summed E-state index contributed by atoms with van der Waals surface area (Å²) >= 11 is 0. The Kier molecular flexibility index (Phi) is 6.39. The number of aliphatic hydroxyl groups is 1. The van der Waals surface area contributed by atoms with Crippen LogP contribution in [0.25, 0.3) is 0 Å². The molecule has 3 aliphatic rings. The number of anilines is 1. The molecule has 9 nitrogen and oxygen atoms in total. The third-order valence-corrected chi connectivity index (χ3v) is 5.61. The van der Waals surface area contributed by atoms with Crippen LogP contribution in [0.3, 0.4) is 0 Å². The van der Waals surface area contributed by atoms with Crippen molar-refractivity contribution in [3.05, 3.63) is 17.7 Å². The van der Waals surface area contributed by atoms with Gasteiger partial charge in [-0.2, -0.15) is 0 Å². The number of nitrogens with two attached hydrogens (primary N) is 1. The highest BCUT2D eigenvalue weighted by Gasteiger charge is 2.29. The van der Waals surface area contributed by atoms with Crippen LogP contribution in [0.15, 0.2) is 12.1 Å². The van der Waals surface area contributed by atoms with Gasteiger partial charge in [-0.3, -0.25) is 4.79 Å². The van der Waals surface area contributed by atoms with Crippen molar-refractivity contribution in [2.45, 2.75) is 25.2 Å². The summed E-state index contributed by atoms with van der Waals surface area (Å²) in [5.41, 5.74) is 6.70. The maximum Gasteiger partial charge on any atom is 0.255 e. The van der Waals surface area contributed by atoms with Gasteiger partial charge in [-0.05, 0) is 19.0 Å². The quantitative estimate of drug-likeness (QED) is 0.574. The number of carbonyl (C=O) groups excluding carboxylic acids is 1. The zero-order valence-electron chi connectivity index (χ0n) is 16.5. The van der Waals surface area contributed by atoms with Gasteiger partial charge in [-0.1, -0.05) is 0 Å². The van der Waals surface area contributed by atoms with E-state index in [1.54, 1.807) is 12.1 Å². The van der Waals surface area contributed by atoms with Gasteiger partial charge in [0.25, 0.3) is 5.91 Å². The minimum absolute atomic E-state index is 0.00299. The number of ether oxygens (including phenoxy) is 4. The Bertz CT molecular complexity index is 724. The molecule has 2 saturated heterocycles. The highest BCUT2D eigenvalue weighted by molar-refractivity contribution is 5.99. The van der Waals surface area contributed by atoms with Crippen molar-refractivity contribution in [3.63, 3.8) is 0 Å². The lowest BCUT2D eigenvalue weighted by Crippen LogP contribution is -2.48. The van der Waals surface area contributed by atoms with Gasteiger partial charge >= 0.3 is 0 Å². The average molecular weight is 407 g/mol. The molecule has 3 aliphatic heterocycles. The van der Waals surface area contributed by atoms with Crippen molar-refractivity contribution in [2.24, 2.45) is 5.92 Å². The molecule has 1 unspecified atom stereocenters. The van der Waals surface area contributed by atoms with Crippen LogP contribution in [-0.4, -0.2) is 80.9 Å². The Hall–Kier alpha value is -2.07. The highest BCUT2D eigenvalue weighted by atomic mass is 16.7. The van der Waals surface area contributed by atoms with Crippen molar-refractivity contribution in [3.8, 4) is 11.5 Å². The fraction of sp³-hybridized carbons (Fsp3) is 0.650. The lowest BCUT2D eigenvalue weighted by molar-refractivity contribution is -0.0576. The molecule has 1 aromatic carbocycles. The van der Waals surface area contributed by atoms with Gasteiger partial charge in [0.15, 0.2) is 17.8 Å². The zero-order valence-corrected chi connectivity index (χ0v) is 16.5. The van der Waals surface area contributed by atoms with Crippen LogP contribution in [0.2, 0.25) is 0 Å². The molecule has 0 bridgehead atoms. The van der Waals surface area contributed by atoms with Gasteiger partial charge in [0.2, 0.25) is 0 Å². The molecule has 3 heterocycles. The minimum atomic E-state index is -0.496. The van der Waals surface area contributed by atoms with Crippen LogP contribution in [0.1, 0.15) is 23.2 Å². The Labute approximate surface area is 170 Å². The second kappa shape index (κ2) is 9.17. The molecule has 1 amide bonds. The third kappa shape index (κ3) is 4.92. The predicted molar refractivity (Wildman–Crippen MR) is 105 cm³/mol. The molecule has 0 aromatic heterocycles. The van der Waals surface area contributed by atoms with Gasteiger partial charge in [0.1, 0.15) is 13.2 Å². The van der Waals surface area contributed by atoms with Gasteiger partial charge in [-0.15, -0.1) is 0 Å². The molecule has 0 spiro atoms. The molecule has 4 rings (SSSR count). The molecule has 0 radical (unpaired) electrons. The zero-order chi connectivity index (χ0) is 20.2. The lowest BCUT2D eigenvalue weighted by atomic mass is 9.93. The molecule has 4 N–H and O–H groups in total. The van der Waals surface area contributed by atoms with Crippen LogP contribution in [-0.2, 0) is 9.47 Å². The predicted octanol–water partition coefficient (Wildman–Crippen LogP) is 0.216. The summed E-state index contributed by atoms with van der Waals surface area (Å²) in [7, 11) is 0. The Morgan fingerprint density at radius 2 is 2.00 bits per heavy atom. The molecular formula is C20H29N3O6. The second-order valence-corrected chi connectivity index (χ2v) is 7.68. The molecule has 160 valence electrons. The first-order chi connectivity index (χ1) is 14.1. The van der Waals surface area contributed by atoms with Gasteiger partial charge in [0.05, 0.1) is 24.9 Å². The molecule has 0 saturated carbocycles. The van der Waals surface area contributed by atoms with E-state index in [-0.39, 0.29) is 18.1 Å². The molecule has 29 heavy (non-hydrogen) atoms. The number of piperidine rings is 1. The molecular weight excluding hydrogens is 378 g/mol. The number of likely N-dealkylation sites (tertiary alicyclic amines) is 1. The van der Waals surface area contributed by atoms with E-state index < -0.39 is 6.10 Å². The summed E-state index contributed by atoms with van der Waals surface area (Å²) in [6, 6.07) is 3.25. The van der Waals surface area contributed by atoms with Gasteiger partial charge in [0, 0.05) is 43.7 Å². The van der Waals surface area contributed by atoms with Crippen molar-refractivity contribution >= 4 is 11.6 Å². The number of benzene rings is 1. The number of hydrogen-bond donors (Lipinski definition) is 3. The summed E-state index contributed by atoms with van der Waals surface area (Å²) in [6.45, 7) is 4.81. The number of nitrogen functional groups attached to an aromatic ring is 1. The number of aliphatic hydroxyl groups excluding tert-OH is 1. The molecule has 9 heteroatoms. The van der Waals surface area contributed by atoms with E-state index in [1.165, 1.54) is 0 Å². The van der Waals surface area contributed by atoms with Crippen LogP contribution < -0.4 is 20.5 Å². The summed E-state index contributed by atoms with van der Waals surface area (Å²) in [4.78, 5) is 14.9. The topological polar surface area (TPSA) is 116 Å². The number of β-amino-alcohol motifs (C(OH)–C–C–N with tert-alkyl or cyclic N) is 1. The number of fused-ring (bicyclic) bond motifs is 1. The Morgan fingerprint density at radius 1 is 1.21 bits per heavy atom. The highest BCUT2D eigenvalue weighted by Crippen LogP contribution is 2.36. The van der Waals surface area contributed by atoms with Crippen molar-refractivity contribution in [1.82, 2.24) is 10.2 Å². The monoisotopic (exact) mass is 407 g/mol. The minimum Gasteiger partial charge on any atom is -0.486 e. The third-order valence-electron chi connectivity index (χ3n) is 5.61. The first kappa shape index (κ1) is 20.2. The fourth-order valence-corrected chi connectivity index (χ4v) is 4.01. The maximum absolute atomic E-state index is 12.7. The van der Waals surface area contributed by atoms with E-state index in [1.807, 2.05) is 0 Å². The fourth-order valence-electron chi connectivity index (χ4n) is 4.01. The number of carbonyl (C=O) groups is 1. The van der Waals surface area contributed by atoms with Crippen molar-refractivity contribution in [1.29, 1.82) is 0 Å². The SMILES string of the molecule is Nc1cc2c(c(C(=O)NC[C@@H]3CCN(CCC4OCCO4)CC3O)c1)OCCO2. The number of rotatable bonds is 6. The van der Waals surface area contributed by atoms with E-state index in [0.29, 0.717) is 62.3 Å². The molecule has 1 aromatic rings. The first-order valence-electron chi connectivity index (χ1n) is 10.2. The van der Waals surface area contributed by atoms with Crippen LogP contribution in [0.4, 0.5) is 5.69 Å². The summed E-state index contributed by atoms with van der Waals surface area (Å²) in [5.74, 6) is 0.645. The van der Waals surface area contributed by atoms with E-state index in [4.69, 9.17) is 24.7 Å². The molecule has 2 fully saturated rings. The second-order valence-electron chi connectivity index (χ2n) is 7.68. The van der Waals surface area contributed by atoms with Crippen molar-refractivity contribution in [2.75, 3.05) is 58.3 Å². The molecule has 0 aliphatic carbocycles. The van der Waals surface area contributed by atoms with E-state index in [2.05, 4.69) is 10.2 Å². The number of nitrogens with one attached hydrogen (secondary N) is 1. The van der Waals surface area contributed by atoms with Gasteiger partial charge in [-0.25, -0.2) is 0 Å². The Morgan fingerprint density at radius 3 is 2.79 bits per heavy atom. The summed E-state index contributed by atoms with van der Waals surface area (Å²) in [5, 5.41) is 13.5. The summed E-state index contributed by atoms with van der Waals surface area (Å²) < 4.78 is 22.1. The maximum atomic E-state index is 12.7. The number of amides is 1. The number of hydrogen-bond acceptors (Lipinski definition) is 8. The summed E-state index contributed by atoms with van der Waals surface area (Å²) in [6.07, 6.45) is 0.988. The van der Waals surface area contributed by atoms with Crippen LogP contribution >= 0.6 is 0 Å². The average Bonchev–Trinajstić information content (AvgIpc) is 3.24. The van der Waals surface area contributed by atoms with Crippen molar-refractivity contribution < 1.29 is 28.8 Å². The van der Waals surface area contributed by atoms with Crippen LogP contribution in [0, 0.1) is 5.92 Å². The smallest absolute Gasteiger partial charge is 0.255 e. The Balaban J connectivity index is 1.27. The van der Waals surface area contributed by atoms with Crippen LogP contribution in [0.5, 0.6) is 11.5 Å². The van der Waals surface area contributed by atoms with Gasteiger partial charge < -0.3 is 40.0 Å².